The molecule has 0 aromatic heterocycles. The average molecular weight is 310 g/mol. The minimum Gasteiger partial charge on any atom is -0.398 e. The Morgan fingerprint density at radius 1 is 1.19 bits per heavy atom. The number of hydrogen-bond acceptors (Lipinski definition) is 3. The van der Waals surface area contributed by atoms with Crippen LogP contribution in [0, 0.1) is 12.3 Å². The van der Waals surface area contributed by atoms with Crippen molar-refractivity contribution in [2.24, 2.45) is 5.41 Å². The highest BCUT2D eigenvalue weighted by Gasteiger charge is 2.37. The third-order valence-corrected chi connectivity index (χ3v) is 7.24. The molecule has 0 unspecified atom stereocenters. The van der Waals surface area contributed by atoms with Crippen LogP contribution in [0.1, 0.15) is 45.1 Å². The second-order valence-electron chi connectivity index (χ2n) is 6.10. The van der Waals surface area contributed by atoms with Crippen LogP contribution in [0.3, 0.4) is 0 Å². The first kappa shape index (κ1) is 16.3. The zero-order chi connectivity index (χ0) is 15.7. The summed E-state index contributed by atoms with van der Waals surface area (Å²) in [6, 6.07) is 5.25. The monoisotopic (exact) mass is 310 g/mol. The molecule has 1 aliphatic rings. The summed E-state index contributed by atoms with van der Waals surface area (Å²) in [7, 11) is -3.48. The molecule has 0 bridgehead atoms. The van der Waals surface area contributed by atoms with E-state index in [2.05, 4.69) is 13.8 Å². The minimum absolute atomic E-state index is 0.283. The van der Waals surface area contributed by atoms with Gasteiger partial charge >= 0.3 is 0 Å². The smallest absolute Gasteiger partial charge is 0.245 e. The van der Waals surface area contributed by atoms with Gasteiger partial charge in [0.1, 0.15) is 4.90 Å². The van der Waals surface area contributed by atoms with Gasteiger partial charge in [0.25, 0.3) is 0 Å². The van der Waals surface area contributed by atoms with Gasteiger partial charge in [0.2, 0.25) is 10.0 Å². The third kappa shape index (κ3) is 2.94. The molecule has 2 N–H and O–H groups in total. The number of nitrogens with two attached hydrogens (primary N) is 1. The highest BCUT2D eigenvalue weighted by molar-refractivity contribution is 7.89. The van der Waals surface area contributed by atoms with E-state index in [9.17, 15) is 8.42 Å². The molecule has 0 aliphatic carbocycles. The maximum Gasteiger partial charge on any atom is 0.245 e. The quantitative estimate of drug-likeness (QED) is 0.869. The van der Waals surface area contributed by atoms with Crippen molar-refractivity contribution in [2.45, 2.75) is 51.3 Å². The van der Waals surface area contributed by atoms with Gasteiger partial charge in [-0.25, -0.2) is 8.42 Å². The van der Waals surface area contributed by atoms with E-state index in [1.54, 1.807) is 29.4 Å². The molecule has 2 rings (SSSR count). The van der Waals surface area contributed by atoms with Crippen LogP contribution < -0.4 is 5.73 Å². The van der Waals surface area contributed by atoms with Gasteiger partial charge in [0.15, 0.2) is 0 Å². The number of benzene rings is 1. The van der Waals surface area contributed by atoms with E-state index in [1.807, 2.05) is 0 Å². The molecule has 0 amide bonds. The fraction of sp³-hybridized carbons (Fsp3) is 0.625. The molecule has 0 saturated carbocycles. The van der Waals surface area contributed by atoms with Gasteiger partial charge in [-0.05, 0) is 36.8 Å². The van der Waals surface area contributed by atoms with Crippen molar-refractivity contribution < 1.29 is 8.42 Å². The van der Waals surface area contributed by atoms with Crippen molar-refractivity contribution in [1.82, 2.24) is 4.31 Å². The van der Waals surface area contributed by atoms with Gasteiger partial charge in [-0.1, -0.05) is 38.8 Å². The largest absolute Gasteiger partial charge is 0.398 e. The molecule has 21 heavy (non-hydrogen) atoms. The van der Waals surface area contributed by atoms with E-state index in [4.69, 9.17) is 5.73 Å². The summed E-state index contributed by atoms with van der Waals surface area (Å²) in [6.45, 7) is 7.39. The van der Waals surface area contributed by atoms with E-state index in [0.29, 0.717) is 24.2 Å². The summed E-state index contributed by atoms with van der Waals surface area (Å²) in [5.41, 5.74) is 7.29. The second kappa shape index (κ2) is 5.97. The summed E-state index contributed by atoms with van der Waals surface area (Å²) in [4.78, 5) is 0.283. The number of piperidine rings is 1. The van der Waals surface area contributed by atoms with Gasteiger partial charge < -0.3 is 5.73 Å². The fourth-order valence-electron chi connectivity index (χ4n) is 3.31. The first-order chi connectivity index (χ1) is 9.86. The summed E-state index contributed by atoms with van der Waals surface area (Å²) in [5, 5.41) is 0. The zero-order valence-corrected chi connectivity index (χ0v) is 14.0. The lowest BCUT2D eigenvalue weighted by Crippen LogP contribution is -2.43. The van der Waals surface area contributed by atoms with E-state index in [1.165, 1.54) is 0 Å². The number of hydrogen-bond donors (Lipinski definition) is 1. The van der Waals surface area contributed by atoms with Gasteiger partial charge in [0.05, 0.1) is 5.69 Å². The van der Waals surface area contributed by atoms with Gasteiger partial charge in [0, 0.05) is 13.1 Å². The Kier molecular flexibility index (Phi) is 4.63. The van der Waals surface area contributed by atoms with E-state index >= 15 is 0 Å². The van der Waals surface area contributed by atoms with Crippen molar-refractivity contribution in [2.75, 3.05) is 18.8 Å². The molecule has 5 heteroatoms. The molecule has 0 spiro atoms. The molecule has 1 aliphatic heterocycles. The molecule has 1 aromatic carbocycles. The Morgan fingerprint density at radius 2 is 1.76 bits per heavy atom. The maximum absolute atomic E-state index is 12.9. The number of aryl methyl sites for hydroxylation is 1. The molecular weight excluding hydrogens is 284 g/mol. The topological polar surface area (TPSA) is 63.4 Å². The number of nitrogen functional groups attached to an aromatic ring is 1. The summed E-state index contributed by atoms with van der Waals surface area (Å²) < 4.78 is 27.3. The fourth-order valence-corrected chi connectivity index (χ4v) is 5.08. The number of nitrogens with zero attached hydrogens (tertiary/aromatic N) is 1. The standard InChI is InChI=1S/C16H26N2O2S/c1-4-16(5-2)9-11-18(12-10-16)21(19,20)15-13(3)7-6-8-14(15)17/h6-8H,4-5,9-12,17H2,1-3H3. The van der Waals surface area contributed by atoms with Crippen LogP contribution in [0.5, 0.6) is 0 Å². The maximum atomic E-state index is 12.9. The predicted octanol–water partition coefficient (Wildman–Crippen LogP) is 3.17. The summed E-state index contributed by atoms with van der Waals surface area (Å²) >= 11 is 0. The Morgan fingerprint density at radius 3 is 2.24 bits per heavy atom. The van der Waals surface area contributed by atoms with Crippen LogP contribution >= 0.6 is 0 Å². The Hall–Kier alpha value is -1.07. The Balaban J connectivity index is 2.27. The summed E-state index contributed by atoms with van der Waals surface area (Å²) in [5.74, 6) is 0. The molecule has 118 valence electrons. The van der Waals surface area contributed by atoms with Crippen molar-refractivity contribution in [1.29, 1.82) is 0 Å². The molecule has 4 nitrogen and oxygen atoms in total. The van der Waals surface area contributed by atoms with Crippen molar-refractivity contribution >= 4 is 15.7 Å². The highest BCUT2D eigenvalue weighted by atomic mass is 32.2. The van der Waals surface area contributed by atoms with Crippen molar-refractivity contribution in [3.05, 3.63) is 23.8 Å². The number of rotatable bonds is 4. The summed E-state index contributed by atoms with van der Waals surface area (Å²) in [6.07, 6.45) is 4.10. The Labute approximate surface area is 128 Å². The number of sulfonamides is 1. The molecular formula is C16H26N2O2S. The van der Waals surface area contributed by atoms with E-state index in [-0.39, 0.29) is 4.90 Å². The SMILES string of the molecule is CCC1(CC)CCN(S(=O)(=O)c2c(C)cccc2N)CC1. The van der Waals surface area contributed by atoms with Gasteiger partial charge in [-0.2, -0.15) is 4.31 Å². The van der Waals surface area contributed by atoms with Gasteiger partial charge in [-0.15, -0.1) is 0 Å². The molecule has 1 heterocycles. The lowest BCUT2D eigenvalue weighted by Gasteiger charge is -2.40. The number of anilines is 1. The van der Waals surface area contributed by atoms with Crippen LogP contribution in [0.25, 0.3) is 0 Å². The average Bonchev–Trinajstić information content (AvgIpc) is 2.47. The zero-order valence-electron chi connectivity index (χ0n) is 13.2. The second-order valence-corrected chi connectivity index (χ2v) is 7.98. The normalized spacial score (nSPS) is 19.6. The molecule has 0 radical (unpaired) electrons. The Bertz CT molecular complexity index is 576. The van der Waals surface area contributed by atoms with Crippen LogP contribution in [0.4, 0.5) is 5.69 Å². The minimum atomic E-state index is -3.48. The van der Waals surface area contributed by atoms with E-state index in [0.717, 1.165) is 31.2 Å². The third-order valence-electron chi connectivity index (χ3n) is 5.12. The van der Waals surface area contributed by atoms with Crippen molar-refractivity contribution in [3.63, 3.8) is 0 Å². The first-order valence-electron chi connectivity index (χ1n) is 7.71. The van der Waals surface area contributed by atoms with Crippen molar-refractivity contribution in [3.8, 4) is 0 Å². The lowest BCUT2D eigenvalue weighted by molar-refractivity contribution is 0.141. The molecule has 1 fully saturated rings. The highest BCUT2D eigenvalue weighted by Crippen LogP contribution is 2.39. The van der Waals surface area contributed by atoms with Gasteiger partial charge in [-0.3, -0.25) is 0 Å². The predicted molar refractivity (Wildman–Crippen MR) is 86.6 cm³/mol. The molecule has 0 atom stereocenters. The molecule has 1 aromatic rings. The van der Waals surface area contributed by atoms with Crippen LogP contribution in [-0.2, 0) is 10.0 Å². The van der Waals surface area contributed by atoms with Crippen LogP contribution in [-0.4, -0.2) is 25.8 Å². The van der Waals surface area contributed by atoms with E-state index < -0.39 is 10.0 Å². The van der Waals surface area contributed by atoms with Crippen LogP contribution in [0.15, 0.2) is 23.1 Å². The van der Waals surface area contributed by atoms with Crippen LogP contribution in [0.2, 0.25) is 0 Å². The molecule has 1 saturated heterocycles. The lowest BCUT2D eigenvalue weighted by atomic mass is 9.75. The first-order valence-corrected chi connectivity index (χ1v) is 9.15.